The predicted octanol–water partition coefficient (Wildman–Crippen LogP) is 3.87. The van der Waals surface area contributed by atoms with E-state index < -0.39 is 0 Å². The van der Waals surface area contributed by atoms with E-state index in [4.69, 9.17) is 14.5 Å². The molecule has 2 aromatic heterocycles. The third-order valence-corrected chi connectivity index (χ3v) is 5.11. The summed E-state index contributed by atoms with van der Waals surface area (Å²) < 4.78 is 13.7. The standard InChI is InChI=1S/C22H27N5O2/c1-4-16-10-12-23-14-19(16)29-22-15(3)21(27-20(26-22)11-13-24-27)25-17-6-8-18(9-7-17)28-5-2/h4,6-9,11,13,19,23,25H,5,10,12,14H2,1-3H3/b16-4-/t19-/m1/s1. The van der Waals surface area contributed by atoms with Gasteiger partial charge in [0.25, 0.3) is 0 Å². The van der Waals surface area contributed by atoms with E-state index in [9.17, 15) is 0 Å². The molecule has 1 aromatic carbocycles. The molecule has 152 valence electrons. The summed E-state index contributed by atoms with van der Waals surface area (Å²) in [6.07, 6.45) is 4.88. The molecule has 2 N–H and O–H groups in total. The SMILES string of the molecule is C/C=C1/CCNC[C@H]1Oc1nc2ccnn2c(Nc2ccc(OCC)cc2)c1C. The van der Waals surface area contributed by atoms with Gasteiger partial charge in [-0.05, 0) is 63.6 Å². The fraction of sp³-hybridized carbons (Fsp3) is 0.364. The van der Waals surface area contributed by atoms with E-state index in [2.05, 4.69) is 28.7 Å². The van der Waals surface area contributed by atoms with Crippen LogP contribution in [0.25, 0.3) is 5.65 Å². The van der Waals surface area contributed by atoms with Crippen molar-refractivity contribution in [3.8, 4) is 11.6 Å². The van der Waals surface area contributed by atoms with Gasteiger partial charge in [-0.3, -0.25) is 0 Å². The van der Waals surface area contributed by atoms with Gasteiger partial charge in [-0.2, -0.15) is 14.6 Å². The van der Waals surface area contributed by atoms with Crippen molar-refractivity contribution in [1.82, 2.24) is 19.9 Å². The van der Waals surface area contributed by atoms with Crippen molar-refractivity contribution < 1.29 is 9.47 Å². The maximum atomic E-state index is 6.35. The average molecular weight is 393 g/mol. The lowest BCUT2D eigenvalue weighted by molar-refractivity contribution is 0.205. The van der Waals surface area contributed by atoms with Gasteiger partial charge in [0, 0.05) is 18.3 Å². The van der Waals surface area contributed by atoms with E-state index >= 15 is 0 Å². The summed E-state index contributed by atoms with van der Waals surface area (Å²) in [6, 6.07) is 9.76. The van der Waals surface area contributed by atoms with Gasteiger partial charge in [0.05, 0.1) is 18.4 Å². The molecular weight excluding hydrogens is 366 g/mol. The van der Waals surface area contributed by atoms with Gasteiger partial charge < -0.3 is 20.1 Å². The van der Waals surface area contributed by atoms with E-state index in [1.807, 2.05) is 44.2 Å². The number of rotatable bonds is 6. The summed E-state index contributed by atoms with van der Waals surface area (Å²) in [5.41, 5.74) is 3.90. The molecule has 0 saturated carbocycles. The number of hydrogen-bond donors (Lipinski definition) is 2. The molecule has 1 aliphatic rings. The molecule has 1 atom stereocenters. The minimum atomic E-state index is -0.0105. The van der Waals surface area contributed by atoms with Crippen molar-refractivity contribution in [2.75, 3.05) is 25.0 Å². The minimum Gasteiger partial charge on any atom is -0.494 e. The van der Waals surface area contributed by atoms with Crippen molar-refractivity contribution in [3.63, 3.8) is 0 Å². The van der Waals surface area contributed by atoms with E-state index in [1.54, 1.807) is 10.7 Å². The molecule has 1 aliphatic heterocycles. The first-order chi connectivity index (χ1) is 14.2. The maximum Gasteiger partial charge on any atom is 0.222 e. The van der Waals surface area contributed by atoms with Gasteiger partial charge in [-0.15, -0.1) is 0 Å². The molecule has 1 fully saturated rings. The van der Waals surface area contributed by atoms with Crippen LogP contribution in [-0.2, 0) is 0 Å². The number of nitrogens with one attached hydrogen (secondary N) is 2. The summed E-state index contributed by atoms with van der Waals surface area (Å²) in [7, 11) is 0. The van der Waals surface area contributed by atoms with Crippen molar-refractivity contribution in [2.45, 2.75) is 33.3 Å². The highest BCUT2D eigenvalue weighted by molar-refractivity contribution is 5.65. The average Bonchev–Trinajstić information content (AvgIpc) is 3.21. The largest absolute Gasteiger partial charge is 0.494 e. The van der Waals surface area contributed by atoms with Gasteiger partial charge in [0.2, 0.25) is 5.88 Å². The number of aromatic nitrogens is 3. The Kier molecular flexibility index (Phi) is 5.67. The zero-order valence-corrected chi connectivity index (χ0v) is 17.1. The molecule has 7 nitrogen and oxygen atoms in total. The van der Waals surface area contributed by atoms with Crippen molar-refractivity contribution in [3.05, 3.63) is 53.7 Å². The molecule has 4 rings (SSSR count). The van der Waals surface area contributed by atoms with Gasteiger partial charge in [0.15, 0.2) is 5.65 Å². The van der Waals surface area contributed by atoms with Crippen LogP contribution in [0, 0.1) is 6.92 Å². The molecule has 3 aromatic rings. The zero-order valence-electron chi connectivity index (χ0n) is 17.1. The number of hydrogen-bond acceptors (Lipinski definition) is 6. The molecule has 1 saturated heterocycles. The third kappa shape index (κ3) is 4.05. The van der Waals surface area contributed by atoms with Gasteiger partial charge in [-0.1, -0.05) is 6.08 Å². The van der Waals surface area contributed by atoms with Crippen LogP contribution < -0.4 is 20.1 Å². The Labute approximate surface area is 170 Å². The highest BCUT2D eigenvalue weighted by Gasteiger charge is 2.23. The molecular formula is C22H27N5O2. The Morgan fingerprint density at radius 3 is 2.86 bits per heavy atom. The Morgan fingerprint density at radius 2 is 2.10 bits per heavy atom. The van der Waals surface area contributed by atoms with Crippen LogP contribution in [0.2, 0.25) is 0 Å². The number of benzene rings is 1. The highest BCUT2D eigenvalue weighted by Crippen LogP contribution is 2.30. The Bertz CT molecular complexity index is 1010. The quantitative estimate of drug-likeness (QED) is 0.620. The van der Waals surface area contributed by atoms with Crippen molar-refractivity contribution in [2.24, 2.45) is 0 Å². The molecule has 0 spiro atoms. The lowest BCUT2D eigenvalue weighted by Crippen LogP contribution is -2.39. The molecule has 0 amide bonds. The predicted molar refractivity (Wildman–Crippen MR) is 114 cm³/mol. The lowest BCUT2D eigenvalue weighted by atomic mass is 10.0. The number of ether oxygens (including phenoxy) is 2. The molecule has 0 unspecified atom stereocenters. The van der Waals surface area contributed by atoms with E-state index in [0.717, 1.165) is 48.0 Å². The number of anilines is 2. The summed E-state index contributed by atoms with van der Waals surface area (Å²) in [4.78, 5) is 4.70. The van der Waals surface area contributed by atoms with Gasteiger partial charge in [-0.25, -0.2) is 0 Å². The van der Waals surface area contributed by atoms with E-state index in [-0.39, 0.29) is 6.10 Å². The highest BCUT2D eigenvalue weighted by atomic mass is 16.5. The first kappa shape index (κ1) is 19.3. The summed E-state index contributed by atoms with van der Waals surface area (Å²) in [5, 5.41) is 11.3. The smallest absolute Gasteiger partial charge is 0.222 e. The Morgan fingerprint density at radius 1 is 1.28 bits per heavy atom. The molecule has 3 heterocycles. The first-order valence-corrected chi connectivity index (χ1v) is 10.1. The Hall–Kier alpha value is -3.06. The molecule has 0 radical (unpaired) electrons. The van der Waals surface area contributed by atoms with Crippen LogP contribution in [0.5, 0.6) is 11.6 Å². The monoisotopic (exact) mass is 393 g/mol. The number of allylic oxidation sites excluding steroid dienone is 1. The summed E-state index contributed by atoms with van der Waals surface area (Å²) in [5.74, 6) is 2.31. The fourth-order valence-electron chi connectivity index (χ4n) is 3.54. The minimum absolute atomic E-state index is 0.0105. The number of piperidine rings is 1. The second kappa shape index (κ2) is 8.53. The second-order valence-corrected chi connectivity index (χ2v) is 7.00. The molecule has 7 heteroatoms. The topological polar surface area (TPSA) is 72.7 Å². The lowest BCUT2D eigenvalue weighted by Gasteiger charge is -2.27. The molecule has 0 aliphatic carbocycles. The van der Waals surface area contributed by atoms with Crippen LogP contribution in [0.4, 0.5) is 11.5 Å². The van der Waals surface area contributed by atoms with Crippen LogP contribution >= 0.6 is 0 Å². The number of nitrogens with zero attached hydrogens (tertiary/aromatic N) is 3. The fourth-order valence-corrected chi connectivity index (χ4v) is 3.54. The van der Waals surface area contributed by atoms with Crippen LogP contribution in [-0.4, -0.2) is 40.4 Å². The van der Waals surface area contributed by atoms with Gasteiger partial charge in [0.1, 0.15) is 17.7 Å². The Balaban J connectivity index is 1.66. The number of fused-ring (bicyclic) bond motifs is 1. The zero-order chi connectivity index (χ0) is 20.2. The molecule has 0 bridgehead atoms. The summed E-state index contributed by atoms with van der Waals surface area (Å²) >= 11 is 0. The van der Waals surface area contributed by atoms with Crippen molar-refractivity contribution in [1.29, 1.82) is 0 Å². The second-order valence-electron chi connectivity index (χ2n) is 7.00. The van der Waals surface area contributed by atoms with E-state index in [1.165, 1.54) is 5.57 Å². The van der Waals surface area contributed by atoms with Crippen LogP contribution in [0.3, 0.4) is 0 Å². The maximum absolute atomic E-state index is 6.35. The normalized spacial score (nSPS) is 18.2. The van der Waals surface area contributed by atoms with Crippen LogP contribution in [0.15, 0.2) is 48.2 Å². The molecule has 29 heavy (non-hydrogen) atoms. The van der Waals surface area contributed by atoms with Crippen molar-refractivity contribution >= 4 is 17.2 Å². The first-order valence-electron chi connectivity index (χ1n) is 10.1. The van der Waals surface area contributed by atoms with Gasteiger partial charge >= 0.3 is 0 Å². The van der Waals surface area contributed by atoms with E-state index in [0.29, 0.717) is 12.5 Å². The third-order valence-electron chi connectivity index (χ3n) is 5.11. The van der Waals surface area contributed by atoms with Crippen LogP contribution in [0.1, 0.15) is 25.8 Å². The summed E-state index contributed by atoms with van der Waals surface area (Å²) in [6.45, 7) is 8.46.